The highest BCUT2D eigenvalue weighted by Gasteiger charge is 2.11. The standard InChI is InChI=1S/C12H15NO3/c1-4-16-8-9-5-11(14-2)10(7-13)12(6-9)15-3/h5-6H,4,8H2,1-3H3. The van der Waals surface area contributed by atoms with Crippen molar-refractivity contribution in [3.05, 3.63) is 23.3 Å². The summed E-state index contributed by atoms with van der Waals surface area (Å²) in [5.41, 5.74) is 1.33. The monoisotopic (exact) mass is 221 g/mol. The Kier molecular flexibility index (Phi) is 4.62. The summed E-state index contributed by atoms with van der Waals surface area (Å²) < 4.78 is 15.6. The SMILES string of the molecule is CCOCc1cc(OC)c(C#N)c(OC)c1. The van der Waals surface area contributed by atoms with Gasteiger partial charge in [0.25, 0.3) is 0 Å². The zero-order valence-corrected chi connectivity index (χ0v) is 9.74. The molecule has 0 aliphatic heterocycles. The lowest BCUT2D eigenvalue weighted by Gasteiger charge is -2.10. The second-order valence-corrected chi connectivity index (χ2v) is 3.12. The molecule has 0 radical (unpaired) electrons. The summed E-state index contributed by atoms with van der Waals surface area (Å²) in [5, 5.41) is 8.99. The lowest BCUT2D eigenvalue weighted by Crippen LogP contribution is -1.98. The summed E-state index contributed by atoms with van der Waals surface area (Å²) in [4.78, 5) is 0. The highest BCUT2D eigenvalue weighted by Crippen LogP contribution is 2.29. The van der Waals surface area contributed by atoms with Crippen molar-refractivity contribution < 1.29 is 14.2 Å². The maximum Gasteiger partial charge on any atom is 0.140 e. The Morgan fingerprint density at radius 1 is 1.19 bits per heavy atom. The van der Waals surface area contributed by atoms with Gasteiger partial charge in [-0.25, -0.2) is 0 Å². The van der Waals surface area contributed by atoms with E-state index in [2.05, 4.69) is 6.07 Å². The molecule has 0 fully saturated rings. The smallest absolute Gasteiger partial charge is 0.140 e. The first-order chi connectivity index (χ1) is 7.76. The maximum atomic E-state index is 8.99. The number of benzene rings is 1. The van der Waals surface area contributed by atoms with Crippen molar-refractivity contribution in [2.45, 2.75) is 13.5 Å². The number of nitrogens with zero attached hydrogens (tertiary/aromatic N) is 1. The Morgan fingerprint density at radius 2 is 1.75 bits per heavy atom. The van der Waals surface area contributed by atoms with Crippen LogP contribution in [-0.4, -0.2) is 20.8 Å². The van der Waals surface area contributed by atoms with Crippen molar-refractivity contribution in [3.63, 3.8) is 0 Å². The molecule has 0 saturated carbocycles. The highest BCUT2D eigenvalue weighted by atomic mass is 16.5. The van der Waals surface area contributed by atoms with Gasteiger partial charge in [0.2, 0.25) is 0 Å². The van der Waals surface area contributed by atoms with E-state index >= 15 is 0 Å². The summed E-state index contributed by atoms with van der Waals surface area (Å²) in [7, 11) is 3.06. The van der Waals surface area contributed by atoms with E-state index in [1.807, 2.05) is 6.92 Å². The van der Waals surface area contributed by atoms with E-state index < -0.39 is 0 Å². The average molecular weight is 221 g/mol. The van der Waals surface area contributed by atoms with Crippen molar-refractivity contribution in [1.29, 1.82) is 5.26 Å². The fourth-order valence-corrected chi connectivity index (χ4v) is 1.38. The van der Waals surface area contributed by atoms with E-state index in [-0.39, 0.29) is 0 Å². The van der Waals surface area contributed by atoms with Crippen LogP contribution in [0, 0.1) is 11.3 Å². The Hall–Kier alpha value is -1.73. The Morgan fingerprint density at radius 3 is 2.12 bits per heavy atom. The van der Waals surface area contributed by atoms with Gasteiger partial charge in [-0.15, -0.1) is 0 Å². The van der Waals surface area contributed by atoms with Crippen LogP contribution in [0.15, 0.2) is 12.1 Å². The molecule has 1 rings (SSSR count). The zero-order chi connectivity index (χ0) is 12.0. The molecule has 0 unspecified atom stereocenters. The molecule has 0 spiro atoms. The van der Waals surface area contributed by atoms with Gasteiger partial charge in [-0.1, -0.05) is 0 Å². The van der Waals surface area contributed by atoms with Gasteiger partial charge in [0.05, 0.1) is 20.8 Å². The maximum absolute atomic E-state index is 8.99. The normalized spacial score (nSPS) is 9.62. The summed E-state index contributed by atoms with van der Waals surface area (Å²) in [6.45, 7) is 3.05. The largest absolute Gasteiger partial charge is 0.495 e. The summed E-state index contributed by atoms with van der Waals surface area (Å²) in [5.74, 6) is 1.02. The van der Waals surface area contributed by atoms with E-state index in [0.29, 0.717) is 30.3 Å². The van der Waals surface area contributed by atoms with Crippen molar-refractivity contribution in [2.75, 3.05) is 20.8 Å². The van der Waals surface area contributed by atoms with Crippen molar-refractivity contribution in [3.8, 4) is 17.6 Å². The van der Waals surface area contributed by atoms with E-state index in [4.69, 9.17) is 19.5 Å². The minimum absolute atomic E-state index is 0.408. The first-order valence-corrected chi connectivity index (χ1v) is 4.99. The van der Waals surface area contributed by atoms with E-state index in [9.17, 15) is 0 Å². The minimum Gasteiger partial charge on any atom is -0.495 e. The first-order valence-electron chi connectivity index (χ1n) is 4.99. The van der Waals surface area contributed by atoms with Crippen molar-refractivity contribution in [2.24, 2.45) is 0 Å². The predicted molar refractivity (Wildman–Crippen MR) is 59.6 cm³/mol. The molecule has 0 aliphatic carbocycles. The van der Waals surface area contributed by atoms with Gasteiger partial charge in [-0.05, 0) is 24.6 Å². The van der Waals surface area contributed by atoms with Gasteiger partial charge in [-0.3, -0.25) is 0 Å². The van der Waals surface area contributed by atoms with E-state index in [1.54, 1.807) is 12.1 Å². The molecule has 4 heteroatoms. The zero-order valence-electron chi connectivity index (χ0n) is 9.74. The third-order valence-corrected chi connectivity index (χ3v) is 2.15. The molecule has 0 bridgehead atoms. The van der Waals surface area contributed by atoms with Gasteiger partial charge in [-0.2, -0.15) is 5.26 Å². The molecule has 0 heterocycles. The van der Waals surface area contributed by atoms with Crippen LogP contribution in [-0.2, 0) is 11.3 Å². The molecule has 16 heavy (non-hydrogen) atoms. The fraction of sp³-hybridized carbons (Fsp3) is 0.417. The third-order valence-electron chi connectivity index (χ3n) is 2.15. The molecule has 0 aromatic heterocycles. The van der Waals surface area contributed by atoms with Crippen molar-refractivity contribution >= 4 is 0 Å². The number of rotatable bonds is 5. The van der Waals surface area contributed by atoms with Crippen LogP contribution in [0.4, 0.5) is 0 Å². The second kappa shape index (κ2) is 5.99. The third kappa shape index (κ3) is 2.65. The lowest BCUT2D eigenvalue weighted by atomic mass is 10.1. The molecule has 0 saturated heterocycles. The first kappa shape index (κ1) is 12.3. The van der Waals surface area contributed by atoms with Gasteiger partial charge >= 0.3 is 0 Å². The topological polar surface area (TPSA) is 51.5 Å². The number of hydrogen-bond acceptors (Lipinski definition) is 4. The van der Waals surface area contributed by atoms with E-state index in [1.165, 1.54) is 14.2 Å². The molecule has 86 valence electrons. The van der Waals surface area contributed by atoms with Crippen LogP contribution in [0.3, 0.4) is 0 Å². The van der Waals surface area contributed by atoms with Gasteiger partial charge in [0.1, 0.15) is 23.1 Å². The molecule has 1 aromatic carbocycles. The molecule has 0 N–H and O–H groups in total. The Balaban J connectivity index is 3.11. The van der Waals surface area contributed by atoms with E-state index in [0.717, 1.165) is 5.56 Å². The summed E-state index contributed by atoms with van der Waals surface area (Å²) >= 11 is 0. The minimum atomic E-state index is 0.408. The quantitative estimate of drug-likeness (QED) is 0.764. The molecule has 0 amide bonds. The number of hydrogen-bond donors (Lipinski definition) is 0. The summed E-state index contributed by atoms with van der Waals surface area (Å²) in [6, 6.07) is 5.64. The van der Waals surface area contributed by atoms with Gasteiger partial charge in [0, 0.05) is 6.61 Å². The Bertz CT molecular complexity index is 371. The van der Waals surface area contributed by atoms with Crippen LogP contribution < -0.4 is 9.47 Å². The van der Waals surface area contributed by atoms with Gasteiger partial charge in [0.15, 0.2) is 0 Å². The van der Waals surface area contributed by atoms with Crippen LogP contribution in [0.1, 0.15) is 18.1 Å². The Labute approximate surface area is 95.4 Å². The molecule has 4 nitrogen and oxygen atoms in total. The van der Waals surface area contributed by atoms with Crippen LogP contribution >= 0.6 is 0 Å². The average Bonchev–Trinajstić information content (AvgIpc) is 2.34. The summed E-state index contributed by atoms with van der Waals surface area (Å²) in [6.07, 6.45) is 0. The number of nitriles is 1. The van der Waals surface area contributed by atoms with Crippen LogP contribution in [0.5, 0.6) is 11.5 Å². The predicted octanol–water partition coefficient (Wildman–Crippen LogP) is 2.11. The lowest BCUT2D eigenvalue weighted by molar-refractivity contribution is 0.133. The molecule has 1 aromatic rings. The number of methoxy groups -OCH3 is 2. The second-order valence-electron chi connectivity index (χ2n) is 3.12. The van der Waals surface area contributed by atoms with Crippen LogP contribution in [0.2, 0.25) is 0 Å². The molecule has 0 atom stereocenters. The van der Waals surface area contributed by atoms with Crippen LogP contribution in [0.25, 0.3) is 0 Å². The van der Waals surface area contributed by atoms with Crippen molar-refractivity contribution in [1.82, 2.24) is 0 Å². The molecular formula is C12H15NO3. The number of ether oxygens (including phenoxy) is 3. The van der Waals surface area contributed by atoms with Gasteiger partial charge < -0.3 is 14.2 Å². The molecule has 0 aliphatic rings. The fourth-order valence-electron chi connectivity index (χ4n) is 1.38. The highest BCUT2D eigenvalue weighted by molar-refractivity contribution is 5.55. The molecular weight excluding hydrogens is 206 g/mol.